The van der Waals surface area contributed by atoms with Gasteiger partial charge in [0, 0.05) is 0 Å². The Morgan fingerprint density at radius 2 is 2.12 bits per heavy atom. The van der Waals surface area contributed by atoms with Crippen molar-refractivity contribution in [1.82, 2.24) is 0 Å². The zero-order valence-electron chi connectivity index (χ0n) is 5.22. The lowest BCUT2D eigenvalue weighted by Crippen LogP contribution is -2.06. The molecule has 0 saturated carbocycles. The molecule has 0 saturated heterocycles. The molecular formula is C7H10O. The molecule has 0 radical (unpaired) electrons. The third-order valence-corrected chi connectivity index (χ3v) is 1.06. The molecular weight excluding hydrogens is 100 g/mol. The molecule has 1 heteroatoms. The summed E-state index contributed by atoms with van der Waals surface area (Å²) in [5.74, 6) is 2.46. The number of hydrogen-bond acceptors (Lipinski definition) is 1. The monoisotopic (exact) mass is 110 g/mol. The predicted octanol–water partition coefficient (Wildman–Crippen LogP) is 1.09. The van der Waals surface area contributed by atoms with Crippen LogP contribution >= 0.6 is 0 Å². The van der Waals surface area contributed by atoms with Crippen molar-refractivity contribution < 1.29 is 4.79 Å². The Kier molecular flexibility index (Phi) is 2.95. The Balaban J connectivity index is 3.74. The molecule has 0 heterocycles. The Morgan fingerprint density at radius 1 is 1.62 bits per heavy atom. The van der Waals surface area contributed by atoms with Gasteiger partial charge < -0.3 is 4.79 Å². The van der Waals surface area contributed by atoms with Crippen molar-refractivity contribution in [3.63, 3.8) is 0 Å². The normalized spacial score (nSPS) is 12.8. The second kappa shape index (κ2) is 3.26. The van der Waals surface area contributed by atoms with E-state index in [1.165, 1.54) is 0 Å². The van der Waals surface area contributed by atoms with Crippen LogP contribution in [0.3, 0.4) is 0 Å². The highest BCUT2D eigenvalue weighted by atomic mass is 16.1. The first kappa shape index (κ1) is 7.23. The third kappa shape index (κ3) is 1.79. The quantitative estimate of drug-likeness (QED) is 0.384. The first-order chi connectivity index (χ1) is 3.72. The van der Waals surface area contributed by atoms with Gasteiger partial charge in [0.05, 0.1) is 5.92 Å². The van der Waals surface area contributed by atoms with Crippen molar-refractivity contribution >= 4 is 6.29 Å². The highest BCUT2D eigenvalue weighted by molar-refractivity contribution is 5.58. The molecule has 1 nitrogen and oxygen atoms in total. The van der Waals surface area contributed by atoms with Crippen molar-refractivity contribution in [3.05, 3.63) is 0 Å². The number of aldehydes is 1. The summed E-state index contributed by atoms with van der Waals surface area (Å²) < 4.78 is 0. The van der Waals surface area contributed by atoms with E-state index in [4.69, 9.17) is 6.42 Å². The molecule has 0 aromatic rings. The van der Waals surface area contributed by atoms with Gasteiger partial charge in [-0.2, -0.15) is 0 Å². The molecule has 1 unspecified atom stereocenters. The first-order valence-electron chi connectivity index (χ1n) is 2.63. The number of carbonyl (C=O) groups is 1. The number of carbonyl (C=O) groups excluding carboxylic acids is 1. The van der Waals surface area contributed by atoms with Crippen LogP contribution in [0.15, 0.2) is 0 Å². The van der Waals surface area contributed by atoms with Crippen LogP contribution in [-0.4, -0.2) is 6.29 Å². The molecule has 8 heavy (non-hydrogen) atoms. The number of terminal acetylenes is 1. The van der Waals surface area contributed by atoms with Gasteiger partial charge >= 0.3 is 0 Å². The zero-order chi connectivity index (χ0) is 6.57. The van der Waals surface area contributed by atoms with Gasteiger partial charge in [-0.15, -0.1) is 6.42 Å². The molecule has 0 aliphatic heterocycles. The SMILES string of the molecule is C#CC(C=O)C(C)C. The van der Waals surface area contributed by atoms with E-state index in [-0.39, 0.29) is 11.8 Å². The smallest absolute Gasteiger partial charge is 0.135 e. The van der Waals surface area contributed by atoms with Gasteiger partial charge in [-0.05, 0) is 5.92 Å². The van der Waals surface area contributed by atoms with E-state index in [9.17, 15) is 4.79 Å². The summed E-state index contributed by atoms with van der Waals surface area (Å²) in [6, 6.07) is 0. The Labute approximate surface area is 50.1 Å². The summed E-state index contributed by atoms with van der Waals surface area (Å²) >= 11 is 0. The lowest BCUT2D eigenvalue weighted by molar-refractivity contribution is -0.110. The van der Waals surface area contributed by atoms with E-state index in [2.05, 4.69) is 5.92 Å². The summed E-state index contributed by atoms with van der Waals surface area (Å²) in [6.07, 6.45) is 5.81. The van der Waals surface area contributed by atoms with Crippen LogP contribution in [0.25, 0.3) is 0 Å². The molecule has 0 aliphatic carbocycles. The lowest BCUT2D eigenvalue weighted by atomic mass is 9.99. The third-order valence-electron chi connectivity index (χ3n) is 1.06. The molecule has 0 bridgehead atoms. The van der Waals surface area contributed by atoms with Crippen LogP contribution in [0.2, 0.25) is 0 Å². The molecule has 0 aliphatic rings. The molecule has 0 spiro atoms. The zero-order valence-corrected chi connectivity index (χ0v) is 5.22. The summed E-state index contributed by atoms with van der Waals surface area (Å²) in [5, 5.41) is 0. The molecule has 1 atom stereocenters. The van der Waals surface area contributed by atoms with Gasteiger partial charge in [-0.3, -0.25) is 0 Å². The first-order valence-corrected chi connectivity index (χ1v) is 2.63. The average molecular weight is 110 g/mol. The summed E-state index contributed by atoms with van der Waals surface area (Å²) in [6.45, 7) is 3.86. The maximum Gasteiger partial charge on any atom is 0.135 e. The van der Waals surface area contributed by atoms with Gasteiger partial charge in [-0.25, -0.2) is 0 Å². The van der Waals surface area contributed by atoms with Crippen LogP contribution in [0, 0.1) is 24.2 Å². The molecule has 0 aromatic carbocycles. The lowest BCUT2D eigenvalue weighted by Gasteiger charge is -2.03. The standard InChI is InChI=1S/C7H10O/c1-4-7(5-8)6(2)3/h1,5-7H,2-3H3. The van der Waals surface area contributed by atoms with Crippen LogP contribution < -0.4 is 0 Å². The van der Waals surface area contributed by atoms with Crippen molar-refractivity contribution in [2.75, 3.05) is 0 Å². The second-order valence-corrected chi connectivity index (χ2v) is 2.07. The highest BCUT2D eigenvalue weighted by Gasteiger charge is 2.05. The van der Waals surface area contributed by atoms with Gasteiger partial charge in [0.2, 0.25) is 0 Å². The number of rotatable bonds is 2. The van der Waals surface area contributed by atoms with Crippen molar-refractivity contribution in [2.45, 2.75) is 13.8 Å². The molecule has 0 amide bonds. The minimum atomic E-state index is -0.199. The van der Waals surface area contributed by atoms with E-state index in [1.807, 2.05) is 13.8 Å². The second-order valence-electron chi connectivity index (χ2n) is 2.07. The van der Waals surface area contributed by atoms with E-state index >= 15 is 0 Å². The molecule has 0 fully saturated rings. The summed E-state index contributed by atoms with van der Waals surface area (Å²) in [4.78, 5) is 10.0. The average Bonchev–Trinajstić information content (AvgIpc) is 1.69. The highest BCUT2D eigenvalue weighted by Crippen LogP contribution is 2.04. The van der Waals surface area contributed by atoms with Gasteiger partial charge in [-0.1, -0.05) is 19.8 Å². The molecule has 0 aromatic heterocycles. The van der Waals surface area contributed by atoms with Crippen LogP contribution in [-0.2, 0) is 4.79 Å². The van der Waals surface area contributed by atoms with E-state index in [1.54, 1.807) is 0 Å². The largest absolute Gasteiger partial charge is 0.302 e. The van der Waals surface area contributed by atoms with Crippen LogP contribution in [0.5, 0.6) is 0 Å². The maximum atomic E-state index is 10.0. The fraction of sp³-hybridized carbons (Fsp3) is 0.571. The fourth-order valence-electron chi connectivity index (χ4n) is 0.389. The van der Waals surface area contributed by atoms with Crippen LogP contribution in [0.4, 0.5) is 0 Å². The summed E-state index contributed by atoms with van der Waals surface area (Å²) in [7, 11) is 0. The molecule has 0 N–H and O–H groups in total. The maximum absolute atomic E-state index is 10.0. The molecule has 44 valence electrons. The summed E-state index contributed by atoms with van der Waals surface area (Å²) in [5.41, 5.74) is 0. The Morgan fingerprint density at radius 3 is 2.12 bits per heavy atom. The van der Waals surface area contributed by atoms with Gasteiger partial charge in [0.1, 0.15) is 6.29 Å². The minimum Gasteiger partial charge on any atom is -0.302 e. The van der Waals surface area contributed by atoms with E-state index in [0.29, 0.717) is 0 Å². The van der Waals surface area contributed by atoms with Gasteiger partial charge in [0.25, 0.3) is 0 Å². The number of hydrogen-bond donors (Lipinski definition) is 0. The Bertz CT molecular complexity index is 108. The Hall–Kier alpha value is -0.770. The minimum absolute atomic E-state index is 0.199. The fourth-order valence-corrected chi connectivity index (χ4v) is 0.389. The van der Waals surface area contributed by atoms with Crippen molar-refractivity contribution in [2.24, 2.45) is 11.8 Å². The van der Waals surface area contributed by atoms with E-state index < -0.39 is 0 Å². The topological polar surface area (TPSA) is 17.1 Å². The van der Waals surface area contributed by atoms with Crippen molar-refractivity contribution in [3.8, 4) is 12.3 Å². The molecule has 0 rings (SSSR count). The van der Waals surface area contributed by atoms with Crippen LogP contribution in [0.1, 0.15) is 13.8 Å². The van der Waals surface area contributed by atoms with E-state index in [0.717, 1.165) is 6.29 Å². The van der Waals surface area contributed by atoms with Crippen molar-refractivity contribution in [1.29, 1.82) is 0 Å². The van der Waals surface area contributed by atoms with Gasteiger partial charge in [0.15, 0.2) is 0 Å². The predicted molar refractivity (Wildman–Crippen MR) is 33.2 cm³/mol.